The van der Waals surface area contributed by atoms with Crippen molar-refractivity contribution in [2.24, 2.45) is 0 Å². The van der Waals surface area contributed by atoms with Crippen LogP contribution in [0.15, 0.2) is 48.7 Å². The SMILES string of the molecule is N#Cc1cnc2cc(/C=C/CCCN3CCOCC3)ccc2c1Nc1ccc(Cl)cc1Cl. The van der Waals surface area contributed by atoms with Crippen LogP contribution in [0, 0.1) is 11.3 Å². The highest BCUT2D eigenvalue weighted by atomic mass is 35.5. The standard InChI is InChI=1S/C25H24Cl2N4O/c26-20-6-8-23(22(27)15-20)30-25-19(16-28)17-29-24-14-18(5-7-21(24)25)4-2-1-3-9-31-10-12-32-13-11-31/h2,4-8,14-15,17H,1,3,9-13H2,(H,29,30)/b4-2+. The van der Waals surface area contributed by atoms with Crippen molar-refractivity contribution in [1.29, 1.82) is 5.26 Å². The molecule has 1 N–H and O–H groups in total. The number of halogens is 2. The Hall–Kier alpha value is -2.62. The fourth-order valence-electron chi connectivity index (χ4n) is 3.74. The van der Waals surface area contributed by atoms with Gasteiger partial charge < -0.3 is 10.1 Å². The zero-order valence-corrected chi connectivity index (χ0v) is 19.2. The topological polar surface area (TPSA) is 61.2 Å². The predicted octanol–water partition coefficient (Wildman–Crippen LogP) is 6.28. The fourth-order valence-corrected chi connectivity index (χ4v) is 4.19. The highest BCUT2D eigenvalue weighted by Crippen LogP contribution is 2.33. The molecule has 0 aliphatic carbocycles. The zero-order valence-electron chi connectivity index (χ0n) is 17.7. The lowest BCUT2D eigenvalue weighted by Crippen LogP contribution is -2.36. The molecule has 3 aromatic rings. The van der Waals surface area contributed by atoms with Crippen LogP contribution >= 0.6 is 23.2 Å². The number of unbranched alkanes of at least 4 members (excludes halogenated alkanes) is 1. The summed E-state index contributed by atoms with van der Waals surface area (Å²) in [7, 11) is 0. The van der Waals surface area contributed by atoms with E-state index in [1.165, 1.54) is 0 Å². The maximum atomic E-state index is 9.58. The van der Waals surface area contributed by atoms with E-state index in [0.29, 0.717) is 27.0 Å². The Balaban J connectivity index is 1.48. The lowest BCUT2D eigenvalue weighted by molar-refractivity contribution is 0.0375. The Labute approximate surface area is 198 Å². The van der Waals surface area contributed by atoms with Gasteiger partial charge in [-0.1, -0.05) is 47.5 Å². The highest BCUT2D eigenvalue weighted by Gasteiger charge is 2.12. The molecule has 1 aromatic heterocycles. The molecule has 0 unspecified atom stereocenters. The van der Waals surface area contributed by atoms with Crippen LogP contribution in [0.1, 0.15) is 24.0 Å². The number of anilines is 2. The van der Waals surface area contributed by atoms with Crippen LogP contribution in [0.4, 0.5) is 11.4 Å². The predicted molar refractivity (Wildman–Crippen MR) is 132 cm³/mol. The smallest absolute Gasteiger partial charge is 0.103 e. The van der Waals surface area contributed by atoms with Gasteiger partial charge in [-0.25, -0.2) is 0 Å². The molecule has 7 heteroatoms. The second kappa shape index (κ2) is 10.8. The van der Waals surface area contributed by atoms with Gasteiger partial charge in [0.1, 0.15) is 6.07 Å². The number of morpholine rings is 1. The Bertz CT molecular complexity index is 1170. The molecule has 0 saturated carbocycles. The van der Waals surface area contributed by atoms with E-state index in [-0.39, 0.29) is 0 Å². The molecule has 0 bridgehead atoms. The number of nitrogens with zero attached hydrogens (tertiary/aromatic N) is 3. The summed E-state index contributed by atoms with van der Waals surface area (Å²) < 4.78 is 5.39. The van der Waals surface area contributed by atoms with Crippen molar-refractivity contribution in [3.63, 3.8) is 0 Å². The second-order valence-electron chi connectivity index (χ2n) is 7.68. The number of nitriles is 1. The minimum absolute atomic E-state index is 0.454. The first kappa shape index (κ1) is 22.6. The van der Waals surface area contributed by atoms with Gasteiger partial charge in [-0.05, 0) is 49.2 Å². The molecule has 1 aliphatic heterocycles. The maximum Gasteiger partial charge on any atom is 0.103 e. The van der Waals surface area contributed by atoms with Crippen LogP contribution in [-0.4, -0.2) is 42.7 Å². The zero-order chi connectivity index (χ0) is 22.3. The lowest BCUT2D eigenvalue weighted by atomic mass is 10.1. The maximum absolute atomic E-state index is 9.58. The van der Waals surface area contributed by atoms with Gasteiger partial charge in [0.15, 0.2) is 0 Å². The van der Waals surface area contributed by atoms with E-state index >= 15 is 0 Å². The molecule has 0 radical (unpaired) electrons. The van der Waals surface area contributed by atoms with E-state index in [0.717, 1.165) is 62.2 Å². The van der Waals surface area contributed by atoms with Crippen molar-refractivity contribution in [2.45, 2.75) is 12.8 Å². The number of benzene rings is 2. The Morgan fingerprint density at radius 2 is 2.00 bits per heavy atom. The summed E-state index contributed by atoms with van der Waals surface area (Å²) in [6.07, 6.45) is 8.08. The molecule has 2 aromatic carbocycles. The first-order chi connectivity index (χ1) is 15.6. The van der Waals surface area contributed by atoms with Crippen LogP contribution in [0.5, 0.6) is 0 Å². The molecular formula is C25H24Cl2N4O. The Morgan fingerprint density at radius 3 is 2.78 bits per heavy atom. The summed E-state index contributed by atoms with van der Waals surface area (Å²) >= 11 is 12.3. The van der Waals surface area contributed by atoms with E-state index in [2.05, 4.69) is 33.4 Å². The van der Waals surface area contributed by atoms with Crippen molar-refractivity contribution in [3.05, 3.63) is 69.8 Å². The van der Waals surface area contributed by atoms with Crippen LogP contribution in [0.2, 0.25) is 10.0 Å². The highest BCUT2D eigenvalue weighted by molar-refractivity contribution is 6.36. The number of pyridine rings is 1. The summed E-state index contributed by atoms with van der Waals surface area (Å²) in [5.41, 5.74) is 3.71. The van der Waals surface area contributed by atoms with E-state index in [9.17, 15) is 5.26 Å². The molecule has 164 valence electrons. The van der Waals surface area contributed by atoms with Crippen molar-refractivity contribution < 1.29 is 4.74 Å². The molecule has 2 heterocycles. The molecule has 32 heavy (non-hydrogen) atoms. The molecule has 5 nitrogen and oxygen atoms in total. The number of hydrogen-bond donors (Lipinski definition) is 1. The van der Waals surface area contributed by atoms with Gasteiger partial charge in [-0.3, -0.25) is 9.88 Å². The fraction of sp³-hybridized carbons (Fsp3) is 0.280. The molecule has 1 fully saturated rings. The van der Waals surface area contributed by atoms with Crippen LogP contribution in [-0.2, 0) is 4.74 Å². The number of allylic oxidation sites excluding steroid dienone is 1. The average molecular weight is 467 g/mol. The summed E-state index contributed by atoms with van der Waals surface area (Å²) in [4.78, 5) is 6.94. The summed E-state index contributed by atoms with van der Waals surface area (Å²) in [5.74, 6) is 0. The average Bonchev–Trinajstić information content (AvgIpc) is 2.81. The molecule has 0 spiro atoms. The number of ether oxygens (including phenoxy) is 1. The minimum atomic E-state index is 0.454. The molecule has 1 saturated heterocycles. The van der Waals surface area contributed by atoms with Crippen LogP contribution in [0.3, 0.4) is 0 Å². The third-order valence-electron chi connectivity index (χ3n) is 5.46. The van der Waals surface area contributed by atoms with E-state index < -0.39 is 0 Å². The Morgan fingerprint density at radius 1 is 1.16 bits per heavy atom. The van der Waals surface area contributed by atoms with Gasteiger partial charge in [-0.15, -0.1) is 0 Å². The van der Waals surface area contributed by atoms with Gasteiger partial charge >= 0.3 is 0 Å². The summed E-state index contributed by atoms with van der Waals surface area (Å²) in [6, 6.07) is 13.5. The number of aromatic nitrogens is 1. The number of nitrogens with one attached hydrogen (secondary N) is 1. The van der Waals surface area contributed by atoms with Gasteiger partial charge in [0, 0.05) is 29.7 Å². The lowest BCUT2D eigenvalue weighted by Gasteiger charge is -2.26. The normalized spacial score (nSPS) is 14.7. The first-order valence-electron chi connectivity index (χ1n) is 10.7. The van der Waals surface area contributed by atoms with Gasteiger partial charge in [0.05, 0.1) is 40.7 Å². The molecule has 0 amide bonds. The van der Waals surface area contributed by atoms with Crippen LogP contribution in [0.25, 0.3) is 17.0 Å². The van der Waals surface area contributed by atoms with E-state index in [1.54, 1.807) is 24.4 Å². The van der Waals surface area contributed by atoms with Gasteiger partial charge in [-0.2, -0.15) is 5.26 Å². The second-order valence-corrected chi connectivity index (χ2v) is 8.53. The minimum Gasteiger partial charge on any atom is -0.379 e. The van der Waals surface area contributed by atoms with Gasteiger partial charge in [0.2, 0.25) is 0 Å². The third kappa shape index (κ3) is 5.59. The third-order valence-corrected chi connectivity index (χ3v) is 6.01. The molecule has 1 aliphatic rings. The monoisotopic (exact) mass is 466 g/mol. The molecular weight excluding hydrogens is 443 g/mol. The van der Waals surface area contributed by atoms with Gasteiger partial charge in [0.25, 0.3) is 0 Å². The number of hydrogen-bond acceptors (Lipinski definition) is 5. The van der Waals surface area contributed by atoms with Crippen LogP contribution < -0.4 is 5.32 Å². The quantitative estimate of drug-likeness (QED) is 0.414. The van der Waals surface area contributed by atoms with E-state index in [1.807, 2.05) is 18.2 Å². The van der Waals surface area contributed by atoms with Crippen molar-refractivity contribution in [1.82, 2.24) is 9.88 Å². The van der Waals surface area contributed by atoms with E-state index in [4.69, 9.17) is 27.9 Å². The van der Waals surface area contributed by atoms with Crippen molar-refractivity contribution in [2.75, 3.05) is 38.2 Å². The molecule has 4 rings (SSSR count). The Kier molecular flexibility index (Phi) is 7.62. The van der Waals surface area contributed by atoms with Crippen molar-refractivity contribution >= 4 is 51.6 Å². The summed E-state index contributed by atoms with van der Waals surface area (Å²) in [5, 5.41) is 14.8. The molecule has 0 atom stereocenters. The first-order valence-corrected chi connectivity index (χ1v) is 11.4. The largest absolute Gasteiger partial charge is 0.379 e. The number of fused-ring (bicyclic) bond motifs is 1. The number of rotatable bonds is 7. The summed E-state index contributed by atoms with van der Waals surface area (Å²) in [6.45, 7) is 4.85. The van der Waals surface area contributed by atoms with Crippen molar-refractivity contribution in [3.8, 4) is 6.07 Å².